The largest absolute Gasteiger partial charge is 0.313 e. The van der Waals surface area contributed by atoms with Gasteiger partial charge in [-0.1, -0.05) is 6.42 Å². The van der Waals surface area contributed by atoms with Gasteiger partial charge in [-0.2, -0.15) is 0 Å². The first kappa shape index (κ1) is 15.9. The molecule has 1 saturated heterocycles. The van der Waals surface area contributed by atoms with E-state index in [0.29, 0.717) is 0 Å². The highest BCUT2D eigenvalue weighted by Crippen LogP contribution is 2.09. The Bertz CT molecular complexity index is 452. The highest BCUT2D eigenvalue weighted by molar-refractivity contribution is 7.91. The molecule has 0 bridgehead atoms. The minimum absolute atomic E-state index is 0.0150. The third-order valence-electron chi connectivity index (χ3n) is 2.77. The van der Waals surface area contributed by atoms with Gasteiger partial charge < -0.3 is 5.32 Å². The first-order valence-corrected chi connectivity index (χ1v) is 9.80. The first-order chi connectivity index (χ1) is 8.18. The van der Waals surface area contributed by atoms with Crippen LogP contribution in [0.1, 0.15) is 26.2 Å². The Morgan fingerprint density at radius 3 is 2.44 bits per heavy atom. The molecule has 8 heteroatoms. The summed E-state index contributed by atoms with van der Waals surface area (Å²) in [4.78, 5) is 0. The molecule has 0 aliphatic carbocycles. The van der Waals surface area contributed by atoms with E-state index < -0.39 is 25.9 Å². The highest BCUT2D eigenvalue weighted by atomic mass is 32.2. The number of hydrogen-bond acceptors (Lipinski definition) is 5. The number of piperidine rings is 1. The topological polar surface area (TPSA) is 92.3 Å². The summed E-state index contributed by atoms with van der Waals surface area (Å²) in [6.07, 6.45) is 4.06. The second-order valence-electron chi connectivity index (χ2n) is 5.04. The summed E-state index contributed by atoms with van der Waals surface area (Å²) < 4.78 is 48.3. The maximum absolute atomic E-state index is 11.8. The van der Waals surface area contributed by atoms with Crippen LogP contribution in [-0.4, -0.2) is 53.2 Å². The van der Waals surface area contributed by atoms with Gasteiger partial charge in [0, 0.05) is 18.3 Å². The fraction of sp³-hybridized carbons (Fsp3) is 1.00. The lowest BCUT2D eigenvalue weighted by Crippen LogP contribution is -2.45. The molecule has 108 valence electrons. The molecule has 1 rings (SSSR count). The van der Waals surface area contributed by atoms with Gasteiger partial charge in [-0.15, -0.1) is 0 Å². The molecule has 2 unspecified atom stereocenters. The highest BCUT2D eigenvalue weighted by Gasteiger charge is 2.23. The average molecular weight is 298 g/mol. The average Bonchev–Trinajstić information content (AvgIpc) is 2.13. The quantitative estimate of drug-likeness (QED) is 0.688. The van der Waals surface area contributed by atoms with E-state index in [1.54, 1.807) is 6.92 Å². The Balaban J connectivity index is 2.48. The van der Waals surface area contributed by atoms with Crippen molar-refractivity contribution in [2.24, 2.45) is 0 Å². The molecule has 1 fully saturated rings. The van der Waals surface area contributed by atoms with Crippen molar-refractivity contribution in [3.05, 3.63) is 0 Å². The van der Waals surface area contributed by atoms with Crippen molar-refractivity contribution in [2.45, 2.75) is 38.3 Å². The van der Waals surface area contributed by atoms with Crippen molar-refractivity contribution in [3.63, 3.8) is 0 Å². The van der Waals surface area contributed by atoms with Gasteiger partial charge in [0.2, 0.25) is 10.0 Å². The van der Waals surface area contributed by atoms with E-state index in [1.807, 2.05) is 0 Å². The number of sulfone groups is 1. The third-order valence-corrected chi connectivity index (χ3v) is 5.47. The van der Waals surface area contributed by atoms with Gasteiger partial charge in [0.05, 0.1) is 11.5 Å². The number of hydrogen-bond donors (Lipinski definition) is 2. The fourth-order valence-corrected chi connectivity index (χ4v) is 4.88. The zero-order chi connectivity index (χ0) is 13.8. The van der Waals surface area contributed by atoms with Gasteiger partial charge in [0.1, 0.15) is 9.84 Å². The van der Waals surface area contributed by atoms with Crippen LogP contribution in [0.5, 0.6) is 0 Å². The number of sulfonamides is 1. The van der Waals surface area contributed by atoms with Crippen LogP contribution in [0.4, 0.5) is 0 Å². The Morgan fingerprint density at radius 1 is 1.28 bits per heavy atom. The summed E-state index contributed by atoms with van der Waals surface area (Å²) in [5.41, 5.74) is 0. The van der Waals surface area contributed by atoms with Crippen LogP contribution >= 0.6 is 0 Å². The molecule has 1 heterocycles. The molecular formula is C10H22N2O4S2. The van der Waals surface area contributed by atoms with E-state index >= 15 is 0 Å². The lowest BCUT2D eigenvalue weighted by molar-refractivity contribution is 0.422. The smallest absolute Gasteiger partial charge is 0.213 e. The number of rotatable bonds is 6. The molecule has 0 aromatic rings. The minimum atomic E-state index is -3.43. The van der Waals surface area contributed by atoms with Crippen molar-refractivity contribution in [2.75, 3.05) is 24.3 Å². The third kappa shape index (κ3) is 6.67. The van der Waals surface area contributed by atoms with Crippen molar-refractivity contribution in [3.8, 4) is 0 Å². The standard InChI is InChI=1S/C10H22N2O4S2/c1-9(7-17(2,13)14)12-18(15,16)8-10-5-3-4-6-11-10/h9-12H,3-8H2,1-2H3. The van der Waals surface area contributed by atoms with Crippen LogP contribution in [-0.2, 0) is 19.9 Å². The van der Waals surface area contributed by atoms with Crippen molar-refractivity contribution < 1.29 is 16.8 Å². The van der Waals surface area contributed by atoms with Gasteiger partial charge in [-0.3, -0.25) is 0 Å². The molecule has 6 nitrogen and oxygen atoms in total. The molecule has 18 heavy (non-hydrogen) atoms. The Hall–Kier alpha value is -0.180. The van der Waals surface area contributed by atoms with Crippen LogP contribution in [0.2, 0.25) is 0 Å². The molecule has 0 amide bonds. The van der Waals surface area contributed by atoms with Crippen LogP contribution in [0.3, 0.4) is 0 Å². The van der Waals surface area contributed by atoms with Crippen LogP contribution in [0.15, 0.2) is 0 Å². The summed E-state index contributed by atoms with van der Waals surface area (Å²) in [7, 11) is -6.60. The van der Waals surface area contributed by atoms with E-state index in [-0.39, 0.29) is 17.5 Å². The lowest BCUT2D eigenvalue weighted by Gasteiger charge is -2.24. The van der Waals surface area contributed by atoms with Gasteiger partial charge in [-0.25, -0.2) is 21.6 Å². The zero-order valence-electron chi connectivity index (χ0n) is 10.8. The van der Waals surface area contributed by atoms with Gasteiger partial charge in [-0.05, 0) is 26.3 Å². The first-order valence-electron chi connectivity index (χ1n) is 6.09. The van der Waals surface area contributed by atoms with Gasteiger partial charge in [0.25, 0.3) is 0 Å². The van der Waals surface area contributed by atoms with Crippen LogP contribution < -0.4 is 10.0 Å². The lowest BCUT2D eigenvalue weighted by atomic mass is 10.1. The monoisotopic (exact) mass is 298 g/mol. The SMILES string of the molecule is CC(CS(C)(=O)=O)NS(=O)(=O)CC1CCCCN1. The molecule has 0 aromatic heterocycles. The molecule has 2 atom stereocenters. The van der Waals surface area contributed by atoms with Crippen LogP contribution in [0, 0.1) is 0 Å². The van der Waals surface area contributed by atoms with Gasteiger partial charge in [0.15, 0.2) is 0 Å². The Morgan fingerprint density at radius 2 is 1.94 bits per heavy atom. The zero-order valence-corrected chi connectivity index (χ0v) is 12.5. The number of nitrogens with one attached hydrogen (secondary N) is 2. The Kier molecular flexibility index (Phi) is 5.57. The normalized spacial score (nSPS) is 23.8. The second-order valence-corrected chi connectivity index (χ2v) is 9.02. The molecule has 0 radical (unpaired) electrons. The summed E-state index contributed by atoms with van der Waals surface area (Å²) in [6.45, 7) is 2.41. The molecule has 2 N–H and O–H groups in total. The van der Waals surface area contributed by atoms with Crippen LogP contribution in [0.25, 0.3) is 0 Å². The van der Waals surface area contributed by atoms with E-state index in [9.17, 15) is 16.8 Å². The molecule has 0 spiro atoms. The van der Waals surface area contributed by atoms with Gasteiger partial charge >= 0.3 is 0 Å². The van der Waals surface area contributed by atoms with E-state index in [2.05, 4.69) is 10.0 Å². The Labute approximate surface area is 110 Å². The van der Waals surface area contributed by atoms with E-state index in [4.69, 9.17) is 0 Å². The molecule has 0 saturated carbocycles. The predicted octanol–water partition coefficient (Wildman–Crippen LogP) is -0.519. The molecule has 1 aliphatic rings. The van der Waals surface area contributed by atoms with E-state index in [0.717, 1.165) is 32.1 Å². The molecular weight excluding hydrogens is 276 g/mol. The molecule has 1 aliphatic heterocycles. The summed E-state index contributed by atoms with van der Waals surface area (Å²) in [5.74, 6) is -0.161. The minimum Gasteiger partial charge on any atom is -0.313 e. The van der Waals surface area contributed by atoms with E-state index in [1.165, 1.54) is 0 Å². The maximum Gasteiger partial charge on any atom is 0.213 e. The molecule has 0 aromatic carbocycles. The fourth-order valence-electron chi connectivity index (χ4n) is 2.17. The van der Waals surface area contributed by atoms with Crippen molar-refractivity contribution >= 4 is 19.9 Å². The maximum atomic E-state index is 11.8. The summed E-state index contributed by atoms with van der Waals surface area (Å²) in [5, 5.41) is 3.16. The van der Waals surface area contributed by atoms with Crippen molar-refractivity contribution in [1.82, 2.24) is 10.0 Å². The van der Waals surface area contributed by atoms with Crippen molar-refractivity contribution in [1.29, 1.82) is 0 Å². The summed E-state index contributed by atoms with van der Waals surface area (Å²) in [6, 6.07) is -0.615. The predicted molar refractivity (Wildman–Crippen MR) is 71.7 cm³/mol. The second kappa shape index (κ2) is 6.31. The summed E-state index contributed by atoms with van der Waals surface area (Å²) >= 11 is 0.